The number of amides is 1. The lowest BCUT2D eigenvalue weighted by Gasteiger charge is -2.24. The van der Waals surface area contributed by atoms with Crippen LogP contribution in [0.5, 0.6) is 0 Å². The van der Waals surface area contributed by atoms with Gasteiger partial charge in [0.2, 0.25) is 0 Å². The Morgan fingerprint density at radius 2 is 2.00 bits per heavy atom. The summed E-state index contributed by atoms with van der Waals surface area (Å²) in [4.78, 5) is 25.4. The zero-order valence-electron chi connectivity index (χ0n) is 15.9. The maximum Gasteiger partial charge on any atom is 0.253 e. The van der Waals surface area contributed by atoms with Gasteiger partial charge in [0.25, 0.3) is 5.91 Å². The van der Waals surface area contributed by atoms with Crippen molar-refractivity contribution in [3.63, 3.8) is 0 Å². The molecule has 1 fully saturated rings. The molecule has 2 heterocycles. The van der Waals surface area contributed by atoms with E-state index in [1.54, 1.807) is 6.33 Å². The second kappa shape index (κ2) is 7.83. The van der Waals surface area contributed by atoms with Crippen LogP contribution in [0.1, 0.15) is 30.6 Å². The highest BCUT2D eigenvalue weighted by Gasteiger charge is 2.26. The molecule has 0 saturated carbocycles. The Balaban J connectivity index is 1.73. The average Bonchev–Trinajstić information content (AvgIpc) is 3.07. The van der Waals surface area contributed by atoms with Crippen LogP contribution in [0.4, 0.5) is 5.82 Å². The first-order chi connectivity index (χ1) is 12.4. The molecule has 0 unspecified atom stereocenters. The molecule has 1 aliphatic heterocycles. The Hall–Kier alpha value is -2.47. The molecule has 1 aliphatic rings. The summed E-state index contributed by atoms with van der Waals surface area (Å²) in [5, 5.41) is 3.28. The van der Waals surface area contributed by atoms with Crippen molar-refractivity contribution in [3.05, 3.63) is 42.2 Å². The number of benzene rings is 1. The number of rotatable bonds is 5. The summed E-state index contributed by atoms with van der Waals surface area (Å²) in [5.74, 6) is 0.872. The van der Waals surface area contributed by atoms with Gasteiger partial charge in [-0.2, -0.15) is 0 Å². The number of carbonyl (C=O) groups is 1. The molecule has 6 heteroatoms. The van der Waals surface area contributed by atoms with E-state index < -0.39 is 0 Å². The van der Waals surface area contributed by atoms with Gasteiger partial charge in [0.1, 0.15) is 12.1 Å². The standard InChI is InChI=1S/C20H27N5O/c1-14(2)23-19-11-18(21-13-22-19)15-5-7-16(8-6-15)20(26)25(4)17-9-10-24(3)12-17/h5-8,11,13-14,17H,9-10,12H2,1-4H3,(H,21,22,23)/t17-/m1/s1. The number of aromatic nitrogens is 2. The summed E-state index contributed by atoms with van der Waals surface area (Å²) in [6, 6.07) is 10.2. The van der Waals surface area contributed by atoms with Crippen LogP contribution in [0.2, 0.25) is 0 Å². The molecule has 138 valence electrons. The minimum atomic E-state index is 0.0710. The molecule has 0 bridgehead atoms. The fraction of sp³-hybridized carbons (Fsp3) is 0.450. The molecule has 0 aliphatic carbocycles. The normalized spacial score (nSPS) is 17.5. The average molecular weight is 353 g/mol. The van der Waals surface area contributed by atoms with Crippen LogP contribution < -0.4 is 5.32 Å². The monoisotopic (exact) mass is 353 g/mol. The predicted octanol–water partition coefficient (Wildman–Crippen LogP) is 2.74. The summed E-state index contributed by atoms with van der Waals surface area (Å²) in [6.07, 6.45) is 2.59. The first-order valence-electron chi connectivity index (χ1n) is 9.09. The summed E-state index contributed by atoms with van der Waals surface area (Å²) >= 11 is 0. The smallest absolute Gasteiger partial charge is 0.253 e. The number of hydrogen-bond donors (Lipinski definition) is 1. The molecule has 2 aromatic rings. The van der Waals surface area contributed by atoms with Crippen LogP contribution in [0, 0.1) is 0 Å². The summed E-state index contributed by atoms with van der Waals surface area (Å²) in [7, 11) is 3.99. The molecule has 1 N–H and O–H groups in total. The van der Waals surface area contributed by atoms with Crippen molar-refractivity contribution in [1.29, 1.82) is 0 Å². The highest BCUT2D eigenvalue weighted by molar-refractivity contribution is 5.94. The Morgan fingerprint density at radius 1 is 1.27 bits per heavy atom. The van der Waals surface area contributed by atoms with Crippen LogP contribution in [0.3, 0.4) is 0 Å². The topological polar surface area (TPSA) is 61.4 Å². The van der Waals surface area contributed by atoms with E-state index in [1.165, 1.54) is 0 Å². The van der Waals surface area contributed by atoms with Crippen LogP contribution in [0.15, 0.2) is 36.7 Å². The van der Waals surface area contributed by atoms with Crippen molar-refractivity contribution in [2.24, 2.45) is 0 Å². The second-order valence-corrected chi connectivity index (χ2v) is 7.29. The molecule has 1 aromatic heterocycles. The van der Waals surface area contributed by atoms with Crippen molar-refractivity contribution in [2.75, 3.05) is 32.5 Å². The minimum absolute atomic E-state index is 0.0710. The van der Waals surface area contributed by atoms with Gasteiger partial charge in [0.15, 0.2) is 0 Å². The van der Waals surface area contributed by atoms with E-state index in [9.17, 15) is 4.79 Å². The lowest BCUT2D eigenvalue weighted by Crippen LogP contribution is -2.38. The Bertz CT molecular complexity index is 759. The van der Waals surface area contributed by atoms with Crippen molar-refractivity contribution in [2.45, 2.75) is 32.4 Å². The number of likely N-dealkylation sites (tertiary alicyclic amines) is 1. The van der Waals surface area contributed by atoms with E-state index in [0.29, 0.717) is 17.6 Å². The number of hydrogen-bond acceptors (Lipinski definition) is 5. The first-order valence-corrected chi connectivity index (χ1v) is 9.09. The van der Waals surface area contributed by atoms with Gasteiger partial charge in [0.05, 0.1) is 5.69 Å². The second-order valence-electron chi connectivity index (χ2n) is 7.29. The Labute approximate surface area is 155 Å². The Morgan fingerprint density at radius 3 is 2.62 bits per heavy atom. The number of carbonyl (C=O) groups excluding carboxylic acids is 1. The van der Waals surface area contributed by atoms with Gasteiger partial charge in [-0.25, -0.2) is 9.97 Å². The van der Waals surface area contributed by atoms with Gasteiger partial charge in [-0.1, -0.05) is 12.1 Å². The van der Waals surface area contributed by atoms with Crippen molar-refractivity contribution >= 4 is 11.7 Å². The molecule has 0 spiro atoms. The molecule has 1 aromatic carbocycles. The molecule has 1 amide bonds. The number of nitrogens with one attached hydrogen (secondary N) is 1. The molecule has 3 rings (SSSR count). The van der Waals surface area contributed by atoms with Crippen molar-refractivity contribution in [1.82, 2.24) is 19.8 Å². The maximum atomic E-state index is 12.7. The third kappa shape index (κ3) is 4.19. The lowest BCUT2D eigenvalue weighted by atomic mass is 10.1. The van der Waals surface area contributed by atoms with Gasteiger partial charge in [-0.05, 0) is 46.0 Å². The molecule has 26 heavy (non-hydrogen) atoms. The van der Waals surface area contributed by atoms with Gasteiger partial charge in [-0.15, -0.1) is 0 Å². The summed E-state index contributed by atoms with van der Waals surface area (Å²) in [6.45, 7) is 6.12. The zero-order valence-corrected chi connectivity index (χ0v) is 15.9. The third-order valence-corrected chi connectivity index (χ3v) is 4.77. The largest absolute Gasteiger partial charge is 0.368 e. The molecule has 6 nitrogen and oxygen atoms in total. The number of likely N-dealkylation sites (N-methyl/N-ethyl adjacent to an activating group) is 2. The highest BCUT2D eigenvalue weighted by Crippen LogP contribution is 2.21. The van der Waals surface area contributed by atoms with Gasteiger partial charge < -0.3 is 15.1 Å². The van der Waals surface area contributed by atoms with Crippen LogP contribution >= 0.6 is 0 Å². The molecular formula is C20H27N5O. The quantitative estimate of drug-likeness (QED) is 0.896. The molecule has 1 atom stereocenters. The molecule has 0 radical (unpaired) electrons. The summed E-state index contributed by atoms with van der Waals surface area (Å²) < 4.78 is 0. The number of anilines is 1. The fourth-order valence-electron chi connectivity index (χ4n) is 3.27. The van der Waals surface area contributed by atoms with E-state index in [0.717, 1.165) is 36.6 Å². The predicted molar refractivity (Wildman–Crippen MR) is 104 cm³/mol. The van der Waals surface area contributed by atoms with Gasteiger partial charge in [-0.3, -0.25) is 4.79 Å². The van der Waals surface area contributed by atoms with Crippen molar-refractivity contribution in [3.8, 4) is 11.3 Å². The van der Waals surface area contributed by atoms with Crippen LogP contribution in [0.25, 0.3) is 11.3 Å². The highest BCUT2D eigenvalue weighted by atomic mass is 16.2. The van der Waals surface area contributed by atoms with E-state index in [1.807, 2.05) is 42.3 Å². The minimum Gasteiger partial charge on any atom is -0.368 e. The van der Waals surface area contributed by atoms with E-state index in [-0.39, 0.29) is 5.91 Å². The van der Waals surface area contributed by atoms with Gasteiger partial charge in [0, 0.05) is 42.9 Å². The molecule has 1 saturated heterocycles. The first kappa shape index (κ1) is 18.3. The fourth-order valence-corrected chi connectivity index (χ4v) is 3.27. The SMILES string of the molecule is CC(C)Nc1cc(-c2ccc(C(=O)N(C)[C@@H]3CCN(C)C3)cc2)ncn1. The van der Waals surface area contributed by atoms with E-state index in [2.05, 4.69) is 41.1 Å². The summed E-state index contributed by atoms with van der Waals surface area (Å²) in [5.41, 5.74) is 2.52. The maximum absolute atomic E-state index is 12.7. The van der Waals surface area contributed by atoms with E-state index in [4.69, 9.17) is 0 Å². The third-order valence-electron chi connectivity index (χ3n) is 4.77. The van der Waals surface area contributed by atoms with E-state index >= 15 is 0 Å². The van der Waals surface area contributed by atoms with Gasteiger partial charge >= 0.3 is 0 Å². The van der Waals surface area contributed by atoms with Crippen LogP contribution in [-0.2, 0) is 0 Å². The number of nitrogens with zero attached hydrogens (tertiary/aromatic N) is 4. The molecular weight excluding hydrogens is 326 g/mol. The Kier molecular flexibility index (Phi) is 5.52. The van der Waals surface area contributed by atoms with Crippen molar-refractivity contribution < 1.29 is 4.79 Å². The zero-order chi connectivity index (χ0) is 18.7. The lowest BCUT2D eigenvalue weighted by molar-refractivity contribution is 0.0737. The van der Waals surface area contributed by atoms with Crippen LogP contribution in [-0.4, -0.2) is 64.9 Å².